The van der Waals surface area contributed by atoms with Crippen LogP contribution in [0.25, 0.3) is 10.2 Å². The van der Waals surface area contributed by atoms with E-state index in [0.29, 0.717) is 25.9 Å². The molecule has 0 fully saturated rings. The minimum absolute atomic E-state index is 0.169. The number of aryl methyl sites for hydroxylation is 2. The number of thiophene rings is 1. The van der Waals surface area contributed by atoms with Gasteiger partial charge in [-0.05, 0) is 31.5 Å². The molecule has 0 radical (unpaired) electrons. The predicted octanol–water partition coefficient (Wildman–Crippen LogP) is 4.02. The molecule has 1 aromatic carbocycles. The number of rotatable bonds is 3. The SMILES string of the molecule is Cc1sc2ncn(CC(=O)Nc3c(Cl)cccc3Cl)c(=O)c2c1C. The zero-order valence-corrected chi connectivity index (χ0v) is 15.2. The van der Waals surface area contributed by atoms with Gasteiger partial charge in [-0.25, -0.2) is 4.98 Å². The first-order chi connectivity index (χ1) is 11.4. The molecule has 2 aromatic heterocycles. The lowest BCUT2D eigenvalue weighted by atomic mass is 10.2. The fourth-order valence-corrected chi connectivity index (χ4v) is 3.81. The molecule has 0 bridgehead atoms. The van der Waals surface area contributed by atoms with Crippen LogP contribution in [0.4, 0.5) is 5.69 Å². The van der Waals surface area contributed by atoms with Crippen molar-refractivity contribution in [3.63, 3.8) is 0 Å². The molecule has 0 aliphatic heterocycles. The summed E-state index contributed by atoms with van der Waals surface area (Å²) >= 11 is 13.5. The van der Waals surface area contributed by atoms with Gasteiger partial charge in [0.2, 0.25) is 5.91 Å². The van der Waals surface area contributed by atoms with Gasteiger partial charge in [-0.1, -0.05) is 29.3 Å². The molecule has 2 heterocycles. The average molecular weight is 382 g/mol. The van der Waals surface area contributed by atoms with E-state index in [1.54, 1.807) is 18.2 Å². The fourth-order valence-electron chi connectivity index (χ4n) is 2.33. The van der Waals surface area contributed by atoms with E-state index in [0.717, 1.165) is 10.4 Å². The topological polar surface area (TPSA) is 64.0 Å². The van der Waals surface area contributed by atoms with Crippen LogP contribution >= 0.6 is 34.5 Å². The first-order valence-corrected chi connectivity index (χ1v) is 8.64. The molecule has 1 amide bonds. The zero-order valence-electron chi connectivity index (χ0n) is 12.9. The molecule has 3 aromatic rings. The molecule has 5 nitrogen and oxygen atoms in total. The van der Waals surface area contributed by atoms with Crippen molar-refractivity contribution in [3.05, 3.63) is 55.4 Å². The van der Waals surface area contributed by atoms with E-state index in [-0.39, 0.29) is 12.1 Å². The van der Waals surface area contributed by atoms with Gasteiger partial charge in [0.15, 0.2) is 0 Å². The van der Waals surface area contributed by atoms with Crippen molar-refractivity contribution in [2.75, 3.05) is 5.32 Å². The molecular formula is C16H13Cl2N3O2S. The van der Waals surface area contributed by atoms with Crippen molar-refractivity contribution in [2.24, 2.45) is 0 Å². The number of aromatic nitrogens is 2. The Balaban J connectivity index is 1.90. The van der Waals surface area contributed by atoms with Gasteiger partial charge < -0.3 is 5.32 Å². The van der Waals surface area contributed by atoms with Crippen LogP contribution in [-0.2, 0) is 11.3 Å². The Bertz CT molecular complexity index is 990. The summed E-state index contributed by atoms with van der Waals surface area (Å²) in [4.78, 5) is 30.8. The number of amides is 1. The Morgan fingerprint density at radius 3 is 2.62 bits per heavy atom. The van der Waals surface area contributed by atoms with Gasteiger partial charge in [-0.15, -0.1) is 11.3 Å². The number of fused-ring (bicyclic) bond motifs is 1. The predicted molar refractivity (Wildman–Crippen MR) is 98.4 cm³/mol. The Hall–Kier alpha value is -1.89. The molecular weight excluding hydrogens is 369 g/mol. The summed E-state index contributed by atoms with van der Waals surface area (Å²) in [5, 5.41) is 3.86. The number of hydrogen-bond donors (Lipinski definition) is 1. The lowest BCUT2D eigenvalue weighted by molar-refractivity contribution is -0.116. The number of carbonyl (C=O) groups excluding carboxylic acids is 1. The highest BCUT2D eigenvalue weighted by Gasteiger charge is 2.15. The normalized spacial score (nSPS) is 11.0. The second kappa shape index (κ2) is 6.55. The summed E-state index contributed by atoms with van der Waals surface area (Å²) in [6.45, 7) is 3.65. The highest BCUT2D eigenvalue weighted by atomic mass is 35.5. The van der Waals surface area contributed by atoms with Crippen LogP contribution in [0.2, 0.25) is 10.0 Å². The van der Waals surface area contributed by atoms with Gasteiger partial charge in [0.1, 0.15) is 11.4 Å². The maximum Gasteiger partial charge on any atom is 0.262 e. The number of benzene rings is 1. The van der Waals surface area contributed by atoms with Crippen LogP contribution in [-0.4, -0.2) is 15.5 Å². The first-order valence-electron chi connectivity index (χ1n) is 7.07. The van der Waals surface area contributed by atoms with Crippen LogP contribution in [0.3, 0.4) is 0 Å². The minimum Gasteiger partial charge on any atom is -0.322 e. The Morgan fingerprint density at radius 1 is 1.29 bits per heavy atom. The Labute approximate surface area is 151 Å². The summed E-state index contributed by atoms with van der Waals surface area (Å²) in [5.41, 5.74) is 0.995. The zero-order chi connectivity index (χ0) is 17.4. The molecule has 1 N–H and O–H groups in total. The van der Waals surface area contributed by atoms with Crippen LogP contribution in [0.15, 0.2) is 29.3 Å². The Morgan fingerprint density at radius 2 is 1.96 bits per heavy atom. The maximum atomic E-state index is 12.6. The number of anilines is 1. The van der Waals surface area contributed by atoms with Gasteiger partial charge >= 0.3 is 0 Å². The van der Waals surface area contributed by atoms with E-state index in [9.17, 15) is 9.59 Å². The van der Waals surface area contributed by atoms with Gasteiger partial charge in [-0.3, -0.25) is 14.2 Å². The Kier molecular flexibility index (Phi) is 4.62. The van der Waals surface area contributed by atoms with Crippen molar-refractivity contribution < 1.29 is 4.79 Å². The summed E-state index contributed by atoms with van der Waals surface area (Å²) in [5.74, 6) is -0.405. The van der Waals surface area contributed by atoms with Gasteiger partial charge in [0.25, 0.3) is 5.56 Å². The van der Waals surface area contributed by atoms with Crippen molar-refractivity contribution in [1.82, 2.24) is 9.55 Å². The number of nitrogens with one attached hydrogen (secondary N) is 1. The van der Waals surface area contributed by atoms with E-state index in [4.69, 9.17) is 23.2 Å². The van der Waals surface area contributed by atoms with E-state index in [1.807, 2.05) is 13.8 Å². The van der Waals surface area contributed by atoms with Crippen LogP contribution in [0, 0.1) is 13.8 Å². The monoisotopic (exact) mass is 381 g/mol. The second-order valence-corrected chi connectivity index (χ2v) is 7.30. The minimum atomic E-state index is -0.405. The van der Waals surface area contributed by atoms with E-state index in [1.165, 1.54) is 22.2 Å². The van der Waals surface area contributed by atoms with E-state index < -0.39 is 5.91 Å². The summed E-state index contributed by atoms with van der Waals surface area (Å²) < 4.78 is 1.28. The molecule has 0 saturated heterocycles. The molecule has 0 unspecified atom stereocenters. The molecule has 3 rings (SSSR count). The first kappa shape index (κ1) is 17.0. The molecule has 0 aliphatic carbocycles. The van der Waals surface area contributed by atoms with Gasteiger partial charge in [0, 0.05) is 4.88 Å². The molecule has 0 atom stereocenters. The third kappa shape index (κ3) is 3.05. The highest BCUT2D eigenvalue weighted by molar-refractivity contribution is 7.18. The van der Waals surface area contributed by atoms with Crippen molar-refractivity contribution in [2.45, 2.75) is 20.4 Å². The van der Waals surface area contributed by atoms with Crippen molar-refractivity contribution in [3.8, 4) is 0 Å². The molecule has 124 valence electrons. The van der Waals surface area contributed by atoms with Gasteiger partial charge in [-0.2, -0.15) is 0 Å². The molecule has 8 heteroatoms. The molecule has 0 aliphatic rings. The smallest absolute Gasteiger partial charge is 0.262 e. The van der Waals surface area contributed by atoms with Gasteiger partial charge in [0.05, 0.1) is 27.4 Å². The highest BCUT2D eigenvalue weighted by Crippen LogP contribution is 2.29. The molecule has 0 saturated carbocycles. The number of para-hydroxylation sites is 1. The third-order valence-electron chi connectivity index (χ3n) is 3.70. The fraction of sp³-hybridized carbons (Fsp3) is 0.188. The summed E-state index contributed by atoms with van der Waals surface area (Å²) in [6.07, 6.45) is 1.38. The van der Waals surface area contributed by atoms with E-state index >= 15 is 0 Å². The van der Waals surface area contributed by atoms with Crippen LogP contribution in [0.1, 0.15) is 10.4 Å². The number of nitrogens with zero attached hydrogens (tertiary/aromatic N) is 2. The lowest BCUT2D eigenvalue weighted by Gasteiger charge is -2.10. The maximum absolute atomic E-state index is 12.6. The number of hydrogen-bond acceptors (Lipinski definition) is 4. The quantitative estimate of drug-likeness (QED) is 0.744. The van der Waals surface area contributed by atoms with Crippen LogP contribution < -0.4 is 10.9 Å². The third-order valence-corrected chi connectivity index (χ3v) is 5.44. The molecule has 24 heavy (non-hydrogen) atoms. The van der Waals surface area contributed by atoms with E-state index in [2.05, 4.69) is 10.3 Å². The van der Waals surface area contributed by atoms with Crippen molar-refractivity contribution >= 4 is 56.3 Å². The summed E-state index contributed by atoms with van der Waals surface area (Å²) in [7, 11) is 0. The largest absolute Gasteiger partial charge is 0.322 e. The average Bonchev–Trinajstić information content (AvgIpc) is 2.82. The molecule has 0 spiro atoms. The van der Waals surface area contributed by atoms with Crippen molar-refractivity contribution in [1.29, 1.82) is 0 Å². The second-order valence-electron chi connectivity index (χ2n) is 5.29. The summed E-state index contributed by atoms with van der Waals surface area (Å²) in [6, 6.07) is 4.94. The number of halogens is 2. The standard InChI is InChI=1S/C16H13Cl2N3O2S/c1-8-9(2)24-15-13(8)16(23)21(7-19-15)6-12(22)20-14-10(17)4-3-5-11(14)18/h3-5,7H,6H2,1-2H3,(H,20,22). The number of carbonyl (C=O) groups is 1. The lowest BCUT2D eigenvalue weighted by Crippen LogP contribution is -2.28. The van der Waals surface area contributed by atoms with Crippen LogP contribution in [0.5, 0.6) is 0 Å².